The summed E-state index contributed by atoms with van der Waals surface area (Å²) in [4.78, 5) is 43.9. The molecule has 2 heterocycles. The second kappa shape index (κ2) is 9.75. The van der Waals surface area contributed by atoms with Crippen molar-refractivity contribution in [1.82, 2.24) is 14.7 Å². The predicted molar refractivity (Wildman–Crippen MR) is 119 cm³/mol. The van der Waals surface area contributed by atoms with Crippen molar-refractivity contribution < 1.29 is 14.4 Å². The van der Waals surface area contributed by atoms with E-state index in [2.05, 4.69) is 10.2 Å². The number of likely N-dealkylation sites (tertiary alicyclic amines) is 1. The highest BCUT2D eigenvalue weighted by molar-refractivity contribution is 6.09. The van der Waals surface area contributed by atoms with Crippen molar-refractivity contribution in [2.24, 2.45) is 0 Å². The van der Waals surface area contributed by atoms with E-state index in [1.54, 1.807) is 53.4 Å². The number of hydrogen-bond acceptors (Lipinski definition) is 4. The van der Waals surface area contributed by atoms with Gasteiger partial charge in [0.2, 0.25) is 5.91 Å². The number of rotatable bonds is 5. The molecule has 0 unspecified atom stereocenters. The third-order valence-corrected chi connectivity index (χ3v) is 5.92. The Labute approximate surface area is 182 Å². The standard InChI is InChI=1S/C24H28N4O3/c29-22(27-12-6-7-13-27)18-26-14-16-28(17-15-26)24(31)20-10-4-5-11-21(20)25-23(30)19-8-2-1-3-9-19/h1-5,8-11H,6-7,12-18H2,(H,25,30). The first-order chi connectivity index (χ1) is 15.1. The minimum Gasteiger partial charge on any atom is -0.342 e. The molecule has 0 bridgehead atoms. The van der Waals surface area contributed by atoms with Crippen LogP contribution in [-0.4, -0.2) is 78.2 Å². The predicted octanol–water partition coefficient (Wildman–Crippen LogP) is 2.32. The summed E-state index contributed by atoms with van der Waals surface area (Å²) in [5, 5.41) is 2.87. The van der Waals surface area contributed by atoms with Crippen LogP contribution in [0.3, 0.4) is 0 Å². The van der Waals surface area contributed by atoms with Gasteiger partial charge in [0.1, 0.15) is 0 Å². The maximum atomic E-state index is 13.2. The summed E-state index contributed by atoms with van der Waals surface area (Å²) in [5.41, 5.74) is 1.53. The zero-order valence-corrected chi connectivity index (χ0v) is 17.6. The summed E-state index contributed by atoms with van der Waals surface area (Å²) in [7, 11) is 0. The van der Waals surface area contributed by atoms with Crippen LogP contribution in [0.1, 0.15) is 33.6 Å². The van der Waals surface area contributed by atoms with Gasteiger partial charge in [0.05, 0.1) is 17.8 Å². The number of para-hydroxylation sites is 1. The first-order valence-corrected chi connectivity index (χ1v) is 10.9. The topological polar surface area (TPSA) is 73.0 Å². The molecule has 0 saturated carbocycles. The Hall–Kier alpha value is -3.19. The fraction of sp³-hybridized carbons (Fsp3) is 0.375. The lowest BCUT2D eigenvalue weighted by Crippen LogP contribution is -2.51. The highest BCUT2D eigenvalue weighted by Crippen LogP contribution is 2.19. The van der Waals surface area contributed by atoms with E-state index in [4.69, 9.17) is 0 Å². The lowest BCUT2D eigenvalue weighted by atomic mass is 10.1. The summed E-state index contributed by atoms with van der Waals surface area (Å²) in [6.07, 6.45) is 2.18. The van der Waals surface area contributed by atoms with Gasteiger partial charge in [-0.2, -0.15) is 0 Å². The first-order valence-electron chi connectivity index (χ1n) is 10.9. The van der Waals surface area contributed by atoms with E-state index in [9.17, 15) is 14.4 Å². The molecule has 1 N–H and O–H groups in total. The van der Waals surface area contributed by atoms with Crippen molar-refractivity contribution in [2.75, 3.05) is 51.1 Å². The summed E-state index contributed by atoms with van der Waals surface area (Å²) in [6, 6.07) is 16.0. The highest BCUT2D eigenvalue weighted by atomic mass is 16.2. The van der Waals surface area contributed by atoms with Crippen LogP contribution in [0.15, 0.2) is 54.6 Å². The Morgan fingerprint density at radius 3 is 2.10 bits per heavy atom. The quantitative estimate of drug-likeness (QED) is 0.806. The van der Waals surface area contributed by atoms with E-state index < -0.39 is 0 Å². The zero-order valence-electron chi connectivity index (χ0n) is 17.6. The average Bonchev–Trinajstić information content (AvgIpc) is 3.35. The molecule has 0 radical (unpaired) electrons. The van der Waals surface area contributed by atoms with Gasteiger partial charge < -0.3 is 15.1 Å². The van der Waals surface area contributed by atoms with Crippen LogP contribution in [0.25, 0.3) is 0 Å². The second-order valence-corrected chi connectivity index (χ2v) is 8.02. The maximum absolute atomic E-state index is 13.2. The molecular weight excluding hydrogens is 392 g/mol. The Bertz CT molecular complexity index is 933. The largest absolute Gasteiger partial charge is 0.342 e. The lowest BCUT2D eigenvalue weighted by molar-refractivity contribution is -0.131. The average molecular weight is 421 g/mol. The molecule has 0 atom stereocenters. The number of piperazine rings is 1. The maximum Gasteiger partial charge on any atom is 0.256 e. The van der Waals surface area contributed by atoms with Crippen molar-refractivity contribution in [3.63, 3.8) is 0 Å². The molecular formula is C24H28N4O3. The summed E-state index contributed by atoms with van der Waals surface area (Å²) < 4.78 is 0. The van der Waals surface area contributed by atoms with Gasteiger partial charge in [-0.25, -0.2) is 0 Å². The number of nitrogens with zero attached hydrogens (tertiary/aromatic N) is 3. The third-order valence-electron chi connectivity index (χ3n) is 5.92. The van der Waals surface area contributed by atoms with Crippen LogP contribution in [-0.2, 0) is 4.79 Å². The van der Waals surface area contributed by atoms with E-state index >= 15 is 0 Å². The van der Waals surface area contributed by atoms with Gasteiger partial charge in [-0.15, -0.1) is 0 Å². The molecule has 2 aromatic carbocycles. The van der Waals surface area contributed by atoms with Gasteiger partial charge in [0.25, 0.3) is 11.8 Å². The smallest absolute Gasteiger partial charge is 0.256 e. The van der Waals surface area contributed by atoms with Gasteiger partial charge in [-0.1, -0.05) is 30.3 Å². The number of amides is 3. The Balaban J connectivity index is 1.36. The monoisotopic (exact) mass is 420 g/mol. The molecule has 2 aliphatic rings. The van der Waals surface area contributed by atoms with Crippen molar-refractivity contribution >= 4 is 23.4 Å². The number of benzene rings is 2. The number of anilines is 1. The molecule has 2 aromatic rings. The number of carbonyl (C=O) groups excluding carboxylic acids is 3. The van der Waals surface area contributed by atoms with Crippen molar-refractivity contribution in [3.8, 4) is 0 Å². The van der Waals surface area contributed by atoms with Gasteiger partial charge in [0.15, 0.2) is 0 Å². The minimum absolute atomic E-state index is 0.102. The summed E-state index contributed by atoms with van der Waals surface area (Å²) >= 11 is 0. The summed E-state index contributed by atoms with van der Waals surface area (Å²) in [6.45, 7) is 4.62. The summed E-state index contributed by atoms with van der Waals surface area (Å²) in [5.74, 6) is -0.160. The Kier molecular flexibility index (Phi) is 6.62. The van der Waals surface area contributed by atoms with Crippen LogP contribution in [0.2, 0.25) is 0 Å². The van der Waals surface area contributed by atoms with Gasteiger partial charge >= 0.3 is 0 Å². The Morgan fingerprint density at radius 1 is 0.742 bits per heavy atom. The van der Waals surface area contributed by atoms with Crippen LogP contribution in [0, 0.1) is 0 Å². The molecule has 3 amide bonds. The molecule has 0 aromatic heterocycles. The molecule has 4 rings (SSSR count). The second-order valence-electron chi connectivity index (χ2n) is 8.02. The van der Waals surface area contributed by atoms with Crippen LogP contribution < -0.4 is 5.32 Å². The van der Waals surface area contributed by atoms with E-state index in [1.165, 1.54) is 0 Å². The molecule has 7 heteroatoms. The highest BCUT2D eigenvalue weighted by Gasteiger charge is 2.27. The molecule has 2 aliphatic heterocycles. The molecule has 162 valence electrons. The molecule has 7 nitrogen and oxygen atoms in total. The van der Waals surface area contributed by atoms with Gasteiger partial charge in [0, 0.05) is 44.8 Å². The molecule has 0 spiro atoms. The number of hydrogen-bond donors (Lipinski definition) is 1. The van der Waals surface area contributed by atoms with Crippen molar-refractivity contribution in [2.45, 2.75) is 12.8 Å². The van der Waals surface area contributed by atoms with Crippen LogP contribution in [0.5, 0.6) is 0 Å². The molecule has 31 heavy (non-hydrogen) atoms. The van der Waals surface area contributed by atoms with Gasteiger partial charge in [-0.3, -0.25) is 19.3 Å². The Morgan fingerprint density at radius 2 is 1.39 bits per heavy atom. The fourth-order valence-corrected chi connectivity index (χ4v) is 4.10. The first kappa shape index (κ1) is 21.1. The molecule has 2 fully saturated rings. The molecule has 2 saturated heterocycles. The lowest BCUT2D eigenvalue weighted by Gasteiger charge is -2.35. The van der Waals surface area contributed by atoms with Crippen LogP contribution in [0.4, 0.5) is 5.69 Å². The molecule has 0 aliphatic carbocycles. The zero-order chi connectivity index (χ0) is 21.6. The van der Waals surface area contributed by atoms with Crippen molar-refractivity contribution in [3.05, 3.63) is 65.7 Å². The fourth-order valence-electron chi connectivity index (χ4n) is 4.10. The van der Waals surface area contributed by atoms with E-state index in [-0.39, 0.29) is 17.7 Å². The number of carbonyl (C=O) groups is 3. The third kappa shape index (κ3) is 5.11. The van der Waals surface area contributed by atoms with E-state index in [1.807, 2.05) is 11.0 Å². The minimum atomic E-state index is -0.244. The van der Waals surface area contributed by atoms with E-state index in [0.29, 0.717) is 49.5 Å². The van der Waals surface area contributed by atoms with Crippen LogP contribution >= 0.6 is 0 Å². The number of nitrogens with one attached hydrogen (secondary N) is 1. The normalized spacial score (nSPS) is 16.9. The van der Waals surface area contributed by atoms with Crippen molar-refractivity contribution in [1.29, 1.82) is 0 Å². The van der Waals surface area contributed by atoms with E-state index in [0.717, 1.165) is 25.9 Å². The SMILES string of the molecule is O=C(Nc1ccccc1C(=O)N1CCN(CC(=O)N2CCCC2)CC1)c1ccccc1. The van der Waals surface area contributed by atoms with Gasteiger partial charge in [-0.05, 0) is 37.1 Å².